The molecule has 28 heavy (non-hydrogen) atoms. The maximum Gasteiger partial charge on any atom is 0.422 e. The van der Waals surface area contributed by atoms with Crippen LogP contribution in [0.2, 0.25) is 10.0 Å². The van der Waals surface area contributed by atoms with Gasteiger partial charge in [-0.15, -0.1) is 0 Å². The summed E-state index contributed by atoms with van der Waals surface area (Å²) in [6.45, 7) is -1.72. The van der Waals surface area contributed by atoms with Crippen molar-refractivity contribution in [1.29, 1.82) is 0 Å². The highest BCUT2D eigenvalue weighted by atomic mass is 35.5. The third-order valence-corrected chi connectivity index (χ3v) is 4.65. The summed E-state index contributed by atoms with van der Waals surface area (Å²) in [6, 6.07) is 6.60. The molecule has 0 fully saturated rings. The first kappa shape index (κ1) is 22.0. The molecule has 0 bridgehead atoms. The number of sulfonamides is 1. The van der Waals surface area contributed by atoms with Gasteiger partial charge in [-0.25, -0.2) is 9.71 Å². The topological polar surface area (TPSA) is 85.4 Å². The molecule has 0 saturated heterocycles. The summed E-state index contributed by atoms with van der Waals surface area (Å²) < 4.78 is 67.6. The van der Waals surface area contributed by atoms with E-state index in [1.165, 1.54) is 30.3 Å². The number of benzene rings is 1. The van der Waals surface area contributed by atoms with E-state index in [1.807, 2.05) is 0 Å². The summed E-state index contributed by atoms with van der Waals surface area (Å²) in [4.78, 5) is 15.4. The number of aromatic nitrogens is 1. The summed E-state index contributed by atoms with van der Waals surface area (Å²) in [5, 5.41) is -0.243. The molecule has 2 aromatic rings. The minimum atomic E-state index is -4.68. The third-order valence-electron chi connectivity index (χ3n) is 2.93. The number of rotatable bonds is 6. The number of hydrogen-bond acceptors (Lipinski definition) is 5. The summed E-state index contributed by atoms with van der Waals surface area (Å²) >= 11 is 11.6. The van der Waals surface area contributed by atoms with E-state index < -0.39 is 39.5 Å². The van der Waals surface area contributed by atoms with Crippen molar-refractivity contribution in [2.45, 2.75) is 11.2 Å². The van der Waals surface area contributed by atoms with Crippen LogP contribution in [-0.2, 0) is 14.8 Å². The van der Waals surface area contributed by atoms with Gasteiger partial charge >= 0.3 is 6.18 Å². The molecular weight excluding hydrogens is 444 g/mol. The number of ether oxygens (including phenoxy) is 1. The first-order valence-corrected chi connectivity index (χ1v) is 9.56. The quantitative estimate of drug-likeness (QED) is 0.670. The molecule has 0 saturated carbocycles. The molecule has 2 rings (SSSR count). The molecule has 12 heteroatoms. The second-order valence-corrected chi connectivity index (χ2v) is 7.69. The van der Waals surface area contributed by atoms with Gasteiger partial charge in [0.1, 0.15) is 0 Å². The number of nitrogens with one attached hydrogen (secondary N) is 1. The molecule has 1 heterocycles. The Morgan fingerprint density at radius 1 is 1.21 bits per heavy atom. The zero-order valence-corrected chi connectivity index (χ0v) is 16.0. The number of carbonyl (C=O) groups is 1. The standard InChI is InChI=1S/C16H11Cl2F3N2O4S/c17-11-6-10(7-12(18)8-11)3-4-14(24)23-28(25,26)15-13(2-1-5-22-15)27-9-16(19,20)21/h1-8H,9H2,(H,23,24)/b4-3+. The average Bonchev–Trinajstić information content (AvgIpc) is 2.56. The minimum absolute atomic E-state index is 0.306. The number of hydrogen-bond donors (Lipinski definition) is 1. The number of nitrogens with zero attached hydrogens (tertiary/aromatic N) is 1. The van der Waals surface area contributed by atoms with E-state index in [0.717, 1.165) is 18.3 Å². The van der Waals surface area contributed by atoms with Gasteiger partial charge in [0, 0.05) is 22.3 Å². The monoisotopic (exact) mass is 454 g/mol. The molecule has 0 radical (unpaired) electrons. The number of alkyl halides is 3. The molecule has 1 aromatic carbocycles. The minimum Gasteiger partial charge on any atom is -0.481 e. The van der Waals surface area contributed by atoms with Crippen molar-refractivity contribution < 1.29 is 31.1 Å². The predicted octanol–water partition coefficient (Wildman–Crippen LogP) is 3.85. The van der Waals surface area contributed by atoms with Gasteiger partial charge in [-0.1, -0.05) is 23.2 Å². The summed E-state index contributed by atoms with van der Waals surface area (Å²) in [7, 11) is -4.58. The number of carbonyl (C=O) groups excluding carboxylic acids is 1. The van der Waals surface area contributed by atoms with Crippen LogP contribution in [0, 0.1) is 0 Å². The SMILES string of the molecule is O=C(/C=C/c1cc(Cl)cc(Cl)c1)NS(=O)(=O)c1ncccc1OCC(F)(F)F. The van der Waals surface area contributed by atoms with E-state index in [1.54, 1.807) is 4.72 Å². The van der Waals surface area contributed by atoms with Crippen LogP contribution in [0.15, 0.2) is 47.6 Å². The highest BCUT2D eigenvalue weighted by Crippen LogP contribution is 2.24. The third kappa shape index (κ3) is 6.70. The smallest absolute Gasteiger partial charge is 0.422 e. The van der Waals surface area contributed by atoms with Gasteiger partial charge in [0.2, 0.25) is 5.03 Å². The molecule has 0 spiro atoms. The summed E-state index contributed by atoms with van der Waals surface area (Å²) in [5.41, 5.74) is 0.428. The molecule has 0 aliphatic heterocycles. The van der Waals surface area contributed by atoms with Crippen molar-refractivity contribution in [3.8, 4) is 5.75 Å². The van der Waals surface area contributed by atoms with Gasteiger partial charge in [0.05, 0.1) is 0 Å². The number of pyridine rings is 1. The molecular formula is C16H11Cl2F3N2O4S. The fraction of sp³-hybridized carbons (Fsp3) is 0.125. The Morgan fingerprint density at radius 2 is 1.86 bits per heavy atom. The lowest BCUT2D eigenvalue weighted by Crippen LogP contribution is -2.30. The van der Waals surface area contributed by atoms with Gasteiger partial charge < -0.3 is 4.74 Å². The van der Waals surface area contributed by atoms with Crippen LogP contribution < -0.4 is 9.46 Å². The highest BCUT2D eigenvalue weighted by molar-refractivity contribution is 7.90. The lowest BCUT2D eigenvalue weighted by Gasteiger charge is -2.12. The summed E-state index contributed by atoms with van der Waals surface area (Å²) in [5.74, 6) is -1.71. The second-order valence-electron chi connectivity index (χ2n) is 5.22. The van der Waals surface area contributed by atoms with Crippen molar-refractivity contribution in [1.82, 2.24) is 9.71 Å². The zero-order chi connectivity index (χ0) is 20.9. The predicted molar refractivity (Wildman–Crippen MR) is 96.6 cm³/mol. The van der Waals surface area contributed by atoms with E-state index in [-0.39, 0.29) is 0 Å². The zero-order valence-electron chi connectivity index (χ0n) is 13.7. The van der Waals surface area contributed by atoms with Crippen molar-refractivity contribution in [2.24, 2.45) is 0 Å². The van der Waals surface area contributed by atoms with Crippen LogP contribution in [0.25, 0.3) is 6.08 Å². The number of amides is 1. The van der Waals surface area contributed by atoms with E-state index >= 15 is 0 Å². The normalized spacial score (nSPS) is 12.2. The van der Waals surface area contributed by atoms with Crippen LogP contribution in [0.1, 0.15) is 5.56 Å². The molecule has 0 aliphatic carbocycles. The molecule has 6 nitrogen and oxygen atoms in total. The van der Waals surface area contributed by atoms with Gasteiger partial charge in [0.25, 0.3) is 15.9 Å². The first-order chi connectivity index (χ1) is 13.0. The Bertz CT molecular complexity index is 991. The average molecular weight is 455 g/mol. The summed E-state index contributed by atoms with van der Waals surface area (Å²) in [6.07, 6.45) is -1.51. The molecule has 0 unspecified atom stereocenters. The van der Waals surface area contributed by atoms with Gasteiger partial charge in [-0.3, -0.25) is 4.79 Å². The molecule has 0 aliphatic rings. The van der Waals surface area contributed by atoms with Crippen LogP contribution >= 0.6 is 23.2 Å². The molecule has 0 atom stereocenters. The largest absolute Gasteiger partial charge is 0.481 e. The molecule has 1 amide bonds. The van der Waals surface area contributed by atoms with E-state index in [4.69, 9.17) is 23.2 Å². The first-order valence-electron chi connectivity index (χ1n) is 7.32. The fourth-order valence-corrected chi connectivity index (χ4v) is 3.47. The molecule has 1 N–H and O–H groups in total. The van der Waals surface area contributed by atoms with Crippen molar-refractivity contribution in [3.05, 3.63) is 58.2 Å². The Morgan fingerprint density at radius 3 is 2.46 bits per heavy atom. The van der Waals surface area contributed by atoms with Gasteiger partial charge in [0.15, 0.2) is 12.4 Å². The van der Waals surface area contributed by atoms with Crippen LogP contribution in [0.4, 0.5) is 13.2 Å². The Kier molecular flexibility index (Phi) is 6.91. The van der Waals surface area contributed by atoms with E-state index in [0.29, 0.717) is 15.6 Å². The van der Waals surface area contributed by atoms with Crippen LogP contribution in [-0.4, -0.2) is 32.1 Å². The van der Waals surface area contributed by atoms with E-state index in [2.05, 4.69) is 9.72 Å². The maximum absolute atomic E-state index is 12.3. The molecule has 150 valence electrons. The lowest BCUT2D eigenvalue weighted by molar-refractivity contribution is -0.153. The number of halogens is 5. The fourth-order valence-electron chi connectivity index (χ4n) is 1.91. The molecule has 1 aromatic heterocycles. The lowest BCUT2D eigenvalue weighted by atomic mass is 10.2. The second kappa shape index (κ2) is 8.80. The maximum atomic E-state index is 12.3. The van der Waals surface area contributed by atoms with Gasteiger partial charge in [-0.2, -0.15) is 21.6 Å². The van der Waals surface area contributed by atoms with Crippen LogP contribution in [0.3, 0.4) is 0 Å². The van der Waals surface area contributed by atoms with E-state index in [9.17, 15) is 26.4 Å². The van der Waals surface area contributed by atoms with Crippen molar-refractivity contribution >= 4 is 45.2 Å². The van der Waals surface area contributed by atoms with Crippen LogP contribution in [0.5, 0.6) is 5.75 Å². The Hall–Kier alpha value is -2.30. The van der Waals surface area contributed by atoms with Crippen molar-refractivity contribution in [3.63, 3.8) is 0 Å². The van der Waals surface area contributed by atoms with Crippen molar-refractivity contribution in [2.75, 3.05) is 6.61 Å². The van der Waals surface area contributed by atoms with Gasteiger partial charge in [-0.05, 0) is 42.0 Å². The Balaban J connectivity index is 2.17. The highest BCUT2D eigenvalue weighted by Gasteiger charge is 2.30. The Labute approximate surface area is 168 Å².